The third-order valence-electron chi connectivity index (χ3n) is 8.61. The van der Waals surface area contributed by atoms with E-state index in [1.54, 1.807) is 0 Å². The SMILES string of the molecule is c1ccc(-n2c3ccccc3c3c4c(c5c6c(ccc5c32)Cc2ccccc2-6)-c2ccccc2C4)cc1. The van der Waals surface area contributed by atoms with Crippen molar-refractivity contribution in [2.24, 2.45) is 0 Å². The highest BCUT2D eigenvalue weighted by atomic mass is 15.0. The fourth-order valence-electron chi connectivity index (χ4n) is 7.19. The minimum Gasteiger partial charge on any atom is -0.309 e. The van der Waals surface area contributed by atoms with Crippen LogP contribution < -0.4 is 0 Å². The van der Waals surface area contributed by atoms with Gasteiger partial charge in [-0.3, -0.25) is 0 Å². The van der Waals surface area contributed by atoms with Crippen molar-refractivity contribution >= 4 is 32.6 Å². The Hall–Kier alpha value is -4.62. The third kappa shape index (κ3) is 2.44. The number of nitrogens with zero attached hydrogens (tertiary/aromatic N) is 1. The van der Waals surface area contributed by atoms with Crippen molar-refractivity contribution in [3.05, 3.63) is 138 Å². The van der Waals surface area contributed by atoms with E-state index in [0.717, 1.165) is 12.8 Å². The number of rotatable bonds is 1. The van der Waals surface area contributed by atoms with E-state index in [1.165, 1.54) is 82.8 Å². The van der Waals surface area contributed by atoms with Gasteiger partial charge in [0.25, 0.3) is 0 Å². The van der Waals surface area contributed by atoms with Crippen molar-refractivity contribution in [2.75, 3.05) is 0 Å². The zero-order valence-electron chi connectivity index (χ0n) is 20.3. The second kappa shape index (κ2) is 6.99. The zero-order valence-corrected chi connectivity index (χ0v) is 20.3. The van der Waals surface area contributed by atoms with Crippen LogP contribution in [0.15, 0.2) is 115 Å². The Morgan fingerprint density at radius 2 is 1.14 bits per heavy atom. The summed E-state index contributed by atoms with van der Waals surface area (Å²) in [6, 6.07) is 42.7. The topological polar surface area (TPSA) is 4.93 Å². The summed E-state index contributed by atoms with van der Waals surface area (Å²) in [6.45, 7) is 0. The molecule has 0 N–H and O–H groups in total. The Morgan fingerprint density at radius 1 is 0.459 bits per heavy atom. The normalized spacial score (nSPS) is 13.2. The number of benzene rings is 6. The Kier molecular flexibility index (Phi) is 3.69. The Bertz CT molecular complexity index is 2070. The second-order valence-corrected chi connectivity index (χ2v) is 10.5. The van der Waals surface area contributed by atoms with Crippen LogP contribution in [0.3, 0.4) is 0 Å². The monoisotopic (exact) mass is 469 g/mol. The van der Waals surface area contributed by atoms with Gasteiger partial charge in [-0.05, 0) is 75.5 Å². The van der Waals surface area contributed by atoms with E-state index in [2.05, 4.69) is 120 Å². The van der Waals surface area contributed by atoms with Gasteiger partial charge < -0.3 is 4.57 Å². The largest absolute Gasteiger partial charge is 0.309 e. The van der Waals surface area contributed by atoms with E-state index in [1.807, 2.05) is 0 Å². The first-order valence-corrected chi connectivity index (χ1v) is 13.1. The van der Waals surface area contributed by atoms with E-state index in [4.69, 9.17) is 0 Å². The first-order chi connectivity index (χ1) is 18.4. The van der Waals surface area contributed by atoms with Gasteiger partial charge in [-0.25, -0.2) is 0 Å². The highest BCUT2D eigenvalue weighted by Gasteiger charge is 2.31. The van der Waals surface area contributed by atoms with Gasteiger partial charge in [-0.15, -0.1) is 0 Å². The number of para-hydroxylation sites is 2. The Morgan fingerprint density at radius 3 is 1.97 bits per heavy atom. The zero-order chi connectivity index (χ0) is 24.1. The number of aromatic nitrogens is 1. The predicted octanol–water partition coefficient (Wildman–Crippen LogP) is 9.08. The molecule has 0 bridgehead atoms. The van der Waals surface area contributed by atoms with Crippen LogP contribution in [0.4, 0.5) is 0 Å². The fraction of sp³-hybridized carbons (Fsp3) is 0.0556. The third-order valence-corrected chi connectivity index (χ3v) is 8.61. The highest BCUT2D eigenvalue weighted by Crippen LogP contribution is 2.53. The van der Waals surface area contributed by atoms with Crippen molar-refractivity contribution < 1.29 is 0 Å². The molecule has 9 rings (SSSR count). The van der Waals surface area contributed by atoms with Crippen LogP contribution in [0.2, 0.25) is 0 Å². The molecule has 1 heterocycles. The lowest BCUT2D eigenvalue weighted by molar-refractivity contribution is 1.18. The summed E-state index contributed by atoms with van der Waals surface area (Å²) < 4.78 is 2.50. The highest BCUT2D eigenvalue weighted by molar-refractivity contribution is 6.27. The smallest absolute Gasteiger partial charge is 0.0623 e. The van der Waals surface area contributed by atoms with Gasteiger partial charge in [0.05, 0.1) is 11.0 Å². The first-order valence-electron chi connectivity index (χ1n) is 13.1. The summed E-state index contributed by atoms with van der Waals surface area (Å²) in [5, 5.41) is 5.52. The quantitative estimate of drug-likeness (QED) is 0.226. The van der Waals surface area contributed by atoms with Crippen molar-refractivity contribution in [3.63, 3.8) is 0 Å². The molecule has 0 aliphatic heterocycles. The molecular formula is C36H23N. The molecule has 0 radical (unpaired) electrons. The van der Waals surface area contributed by atoms with Gasteiger partial charge in [0.15, 0.2) is 0 Å². The van der Waals surface area contributed by atoms with Gasteiger partial charge in [0.2, 0.25) is 0 Å². The van der Waals surface area contributed by atoms with Gasteiger partial charge >= 0.3 is 0 Å². The molecule has 0 atom stereocenters. The number of hydrogen-bond acceptors (Lipinski definition) is 0. The molecule has 1 aromatic heterocycles. The molecule has 0 unspecified atom stereocenters. The summed E-state index contributed by atoms with van der Waals surface area (Å²) in [5.74, 6) is 0. The molecule has 0 fully saturated rings. The summed E-state index contributed by atoms with van der Waals surface area (Å²) in [5.41, 5.74) is 15.3. The summed E-state index contributed by atoms with van der Waals surface area (Å²) in [7, 11) is 0. The number of fused-ring (bicyclic) bond motifs is 14. The molecule has 0 amide bonds. The molecule has 37 heavy (non-hydrogen) atoms. The van der Waals surface area contributed by atoms with Crippen molar-refractivity contribution in [1.82, 2.24) is 4.57 Å². The molecule has 0 spiro atoms. The van der Waals surface area contributed by atoms with Crippen LogP contribution in [-0.4, -0.2) is 4.57 Å². The molecule has 0 saturated carbocycles. The summed E-state index contributed by atoms with van der Waals surface area (Å²) in [6.07, 6.45) is 1.99. The summed E-state index contributed by atoms with van der Waals surface area (Å²) in [4.78, 5) is 0. The van der Waals surface area contributed by atoms with Crippen LogP contribution in [0.25, 0.3) is 60.5 Å². The lowest BCUT2D eigenvalue weighted by Crippen LogP contribution is -1.96. The average Bonchev–Trinajstić information content (AvgIpc) is 3.63. The molecule has 6 aromatic carbocycles. The van der Waals surface area contributed by atoms with Gasteiger partial charge in [0, 0.05) is 27.2 Å². The minimum atomic E-state index is 0.978. The van der Waals surface area contributed by atoms with E-state index in [9.17, 15) is 0 Å². The Labute approximate surface area is 215 Å². The van der Waals surface area contributed by atoms with Crippen molar-refractivity contribution in [2.45, 2.75) is 12.8 Å². The molecular weight excluding hydrogens is 446 g/mol. The lowest BCUT2D eigenvalue weighted by Gasteiger charge is -2.17. The lowest BCUT2D eigenvalue weighted by atomic mass is 9.88. The second-order valence-electron chi connectivity index (χ2n) is 10.5. The maximum Gasteiger partial charge on any atom is 0.0623 e. The van der Waals surface area contributed by atoms with E-state index in [0.29, 0.717) is 0 Å². The average molecular weight is 470 g/mol. The van der Waals surface area contributed by atoms with Gasteiger partial charge in [0.1, 0.15) is 0 Å². The molecule has 0 saturated heterocycles. The predicted molar refractivity (Wildman–Crippen MR) is 155 cm³/mol. The maximum absolute atomic E-state index is 2.50. The molecule has 7 aromatic rings. The standard InChI is InChI=1S/C36H23N/c1-2-12-25(13-3-1)37-31-17-9-8-16-28(31)34-30-21-23-11-5-7-15-27(23)33(30)35-29(36(34)37)19-18-24-20-22-10-4-6-14-26(22)32(24)35/h1-19H,20-21H2. The van der Waals surface area contributed by atoms with Gasteiger partial charge in [-0.1, -0.05) is 97.1 Å². The molecule has 1 nitrogen and oxygen atoms in total. The first kappa shape index (κ1) is 19.6. The molecule has 2 aliphatic carbocycles. The van der Waals surface area contributed by atoms with Crippen LogP contribution >= 0.6 is 0 Å². The molecule has 2 aliphatic rings. The Balaban J connectivity index is 1.59. The van der Waals surface area contributed by atoms with Crippen molar-refractivity contribution in [3.8, 4) is 27.9 Å². The fourth-order valence-corrected chi connectivity index (χ4v) is 7.19. The van der Waals surface area contributed by atoms with E-state index < -0.39 is 0 Å². The van der Waals surface area contributed by atoms with Crippen molar-refractivity contribution in [1.29, 1.82) is 0 Å². The minimum absolute atomic E-state index is 0.978. The summed E-state index contributed by atoms with van der Waals surface area (Å²) >= 11 is 0. The maximum atomic E-state index is 2.50. The van der Waals surface area contributed by atoms with Crippen LogP contribution in [0.5, 0.6) is 0 Å². The van der Waals surface area contributed by atoms with E-state index in [-0.39, 0.29) is 0 Å². The number of hydrogen-bond donors (Lipinski definition) is 0. The molecule has 172 valence electrons. The van der Waals surface area contributed by atoms with E-state index >= 15 is 0 Å². The molecule has 1 heteroatoms. The van der Waals surface area contributed by atoms with Gasteiger partial charge in [-0.2, -0.15) is 0 Å². The van der Waals surface area contributed by atoms with Crippen LogP contribution in [-0.2, 0) is 12.8 Å². The van der Waals surface area contributed by atoms with Crippen LogP contribution in [0.1, 0.15) is 22.3 Å². The van der Waals surface area contributed by atoms with Crippen LogP contribution in [0, 0.1) is 0 Å².